The van der Waals surface area contributed by atoms with Crippen molar-refractivity contribution in [2.45, 2.75) is 55.9 Å². The van der Waals surface area contributed by atoms with Crippen molar-refractivity contribution in [1.82, 2.24) is 0 Å². The molecule has 6 atom stereocenters. The molecule has 7 aromatic rings. The molecule has 3 aliphatic heterocycles. The first kappa shape index (κ1) is 45.6. The standard InChI is InChI=1S/C50H38O21/c51-19-1-16-6-39(70-50(67)18-3-23-25(13-33(59)45(66)41(23)43(64)31(57)5-18)49-36(62)15-27-29(55)8-21(53)11-38(27)69-49)47(71-46(16)34(60)9-19)17-2-22-24(12-32(58)44(65)40(22)42(63)30(56)4-17)48-35(61)14-26-28(54)7-20(52)10-37(26)68-48/h1-5,7-13,35-36,39,47-49,51-55,58-62,65-66H,6,14-15H2,(H,56,63)(H,57,64)/t35-,36-,39-,47-,48?,49-/m1/s1. The highest BCUT2D eigenvalue weighted by molar-refractivity contribution is 5.99. The molecule has 0 aromatic heterocycles. The van der Waals surface area contributed by atoms with Gasteiger partial charge in [-0.2, -0.15) is 0 Å². The third kappa shape index (κ3) is 7.55. The summed E-state index contributed by atoms with van der Waals surface area (Å²) < 4.78 is 24.3. The Bertz CT molecular complexity index is 3590. The minimum absolute atomic E-state index is 0.0554. The number of esters is 1. The van der Waals surface area contributed by atoms with Crippen molar-refractivity contribution in [3.63, 3.8) is 0 Å². The van der Waals surface area contributed by atoms with Crippen molar-refractivity contribution in [3.8, 4) is 86.2 Å². The van der Waals surface area contributed by atoms with Crippen molar-refractivity contribution in [1.29, 1.82) is 0 Å². The number of carbonyl (C=O) groups excluding carboxylic acids is 1. The predicted octanol–water partition coefficient (Wildman–Crippen LogP) is 4.16. The van der Waals surface area contributed by atoms with Gasteiger partial charge in [0, 0.05) is 83.0 Å². The van der Waals surface area contributed by atoms with Crippen LogP contribution in [0.1, 0.15) is 62.1 Å². The lowest BCUT2D eigenvalue weighted by Gasteiger charge is -2.34. The van der Waals surface area contributed by atoms with Gasteiger partial charge in [0.15, 0.2) is 64.3 Å². The molecule has 0 saturated carbocycles. The fourth-order valence-electron chi connectivity index (χ4n) is 9.53. The van der Waals surface area contributed by atoms with E-state index in [1.165, 1.54) is 12.1 Å². The number of carbonyl (C=O) groups is 1. The van der Waals surface area contributed by atoms with Crippen LogP contribution in [0.15, 0.2) is 82.4 Å². The molecule has 0 radical (unpaired) electrons. The van der Waals surface area contributed by atoms with E-state index in [1.807, 2.05) is 0 Å². The van der Waals surface area contributed by atoms with Gasteiger partial charge in [0.25, 0.3) is 0 Å². The Hall–Kier alpha value is -9.21. The van der Waals surface area contributed by atoms with Crippen molar-refractivity contribution in [2.24, 2.45) is 0 Å². The van der Waals surface area contributed by atoms with Crippen LogP contribution in [-0.4, -0.2) is 95.8 Å². The Labute approximate surface area is 396 Å². The van der Waals surface area contributed by atoms with Gasteiger partial charge < -0.3 is 90.4 Å². The number of ether oxygens (including phenoxy) is 4. The molecule has 0 spiro atoms. The van der Waals surface area contributed by atoms with E-state index in [-0.39, 0.29) is 74.2 Å². The van der Waals surface area contributed by atoms with Crippen LogP contribution >= 0.6 is 0 Å². The van der Waals surface area contributed by atoms with Crippen LogP contribution in [0.25, 0.3) is 21.5 Å². The van der Waals surface area contributed by atoms with Gasteiger partial charge in [-0.25, -0.2) is 4.79 Å². The highest BCUT2D eigenvalue weighted by atomic mass is 16.6. The van der Waals surface area contributed by atoms with Gasteiger partial charge in [-0.3, -0.25) is 9.59 Å². The Kier molecular flexibility index (Phi) is 10.6. The molecule has 7 aromatic carbocycles. The van der Waals surface area contributed by atoms with Crippen LogP contribution < -0.4 is 25.1 Å². The van der Waals surface area contributed by atoms with E-state index in [1.54, 1.807) is 0 Å². The second-order valence-corrected chi connectivity index (χ2v) is 17.3. The molecule has 0 amide bonds. The van der Waals surface area contributed by atoms with Gasteiger partial charge in [0.05, 0.1) is 28.5 Å². The number of hydrogen-bond donors (Lipinski definition) is 14. The first-order chi connectivity index (χ1) is 33.7. The number of aromatic hydroxyl groups is 12. The lowest BCUT2D eigenvalue weighted by atomic mass is 9.90. The average Bonchev–Trinajstić information content (AvgIpc) is 3.52. The van der Waals surface area contributed by atoms with Crippen LogP contribution in [0, 0.1) is 0 Å². The molecule has 14 N–H and O–H groups in total. The zero-order valence-electron chi connectivity index (χ0n) is 36.1. The van der Waals surface area contributed by atoms with Crippen molar-refractivity contribution >= 4 is 27.5 Å². The summed E-state index contributed by atoms with van der Waals surface area (Å²) in [4.78, 5) is 42.3. The SMILES string of the molecule is O=C(O[C@@H]1Cc2cc(O)cc(O)c2O[C@@H]1c1cc(O)c(=O)c2c(O)c(O)cc(C3Oc4cc(O)cc(O)c4C[C@H]3O)c2c1)c1cc(O)c(=O)c2c(O)c(O)cc([C@H]3Oc4cc(O)cc(O)c4C[C@H]3O)c2c1. The highest BCUT2D eigenvalue weighted by Gasteiger charge is 2.40. The summed E-state index contributed by atoms with van der Waals surface area (Å²) in [5, 5.41) is 150. The minimum Gasteiger partial charge on any atom is -0.508 e. The van der Waals surface area contributed by atoms with Crippen LogP contribution in [0.5, 0.6) is 86.2 Å². The molecule has 0 fully saturated rings. The van der Waals surface area contributed by atoms with E-state index < -0.39 is 145 Å². The van der Waals surface area contributed by atoms with E-state index in [0.717, 1.165) is 54.6 Å². The molecule has 71 heavy (non-hydrogen) atoms. The number of aliphatic hydroxyl groups excluding tert-OH is 2. The maximum Gasteiger partial charge on any atom is 0.338 e. The fourth-order valence-corrected chi connectivity index (χ4v) is 9.53. The van der Waals surface area contributed by atoms with Crippen molar-refractivity contribution in [2.75, 3.05) is 0 Å². The molecule has 21 heteroatoms. The summed E-state index contributed by atoms with van der Waals surface area (Å²) in [6.45, 7) is 0. The molecular weight excluding hydrogens is 937 g/mol. The Morgan fingerprint density at radius 1 is 0.479 bits per heavy atom. The summed E-state index contributed by atoms with van der Waals surface area (Å²) in [6, 6.07) is 12.0. The third-order valence-corrected chi connectivity index (χ3v) is 12.8. The summed E-state index contributed by atoms with van der Waals surface area (Å²) in [5.74, 6) is -10.5. The zero-order valence-corrected chi connectivity index (χ0v) is 36.1. The first-order valence-corrected chi connectivity index (χ1v) is 21.4. The number of hydrogen-bond acceptors (Lipinski definition) is 21. The van der Waals surface area contributed by atoms with E-state index in [9.17, 15) is 85.9 Å². The largest absolute Gasteiger partial charge is 0.508 e. The number of rotatable bonds is 5. The number of phenolic OH excluding ortho intramolecular Hbond substituents is 10. The molecule has 0 bridgehead atoms. The van der Waals surface area contributed by atoms with Gasteiger partial charge in [-0.15, -0.1) is 0 Å². The predicted molar refractivity (Wildman–Crippen MR) is 242 cm³/mol. The lowest BCUT2D eigenvalue weighted by Crippen LogP contribution is -2.34. The first-order valence-electron chi connectivity index (χ1n) is 21.4. The molecule has 3 aliphatic rings. The van der Waals surface area contributed by atoms with Gasteiger partial charge >= 0.3 is 5.97 Å². The minimum atomic E-state index is -1.67. The quantitative estimate of drug-likeness (QED) is 0.0850. The second kappa shape index (κ2) is 16.5. The van der Waals surface area contributed by atoms with E-state index in [4.69, 9.17) is 18.9 Å². The normalized spacial score (nSPS) is 20.1. The molecular formula is C50H38O21. The smallest absolute Gasteiger partial charge is 0.338 e. The monoisotopic (exact) mass is 974 g/mol. The Balaban J connectivity index is 1.12. The second-order valence-electron chi connectivity index (χ2n) is 17.3. The Morgan fingerprint density at radius 3 is 1.49 bits per heavy atom. The summed E-state index contributed by atoms with van der Waals surface area (Å²) in [7, 11) is 0. The van der Waals surface area contributed by atoms with Gasteiger partial charge in [0.1, 0.15) is 46.4 Å². The van der Waals surface area contributed by atoms with Crippen molar-refractivity contribution < 1.29 is 95.2 Å². The highest BCUT2D eigenvalue weighted by Crippen LogP contribution is 2.50. The molecule has 1 unspecified atom stereocenters. The summed E-state index contributed by atoms with van der Waals surface area (Å²) in [6.07, 6.45) is -10.4. The maximum absolute atomic E-state index is 14.6. The topological polar surface area (TPSA) is 371 Å². The van der Waals surface area contributed by atoms with E-state index in [2.05, 4.69) is 0 Å². The molecule has 3 heterocycles. The van der Waals surface area contributed by atoms with Crippen LogP contribution in [0.3, 0.4) is 0 Å². The van der Waals surface area contributed by atoms with E-state index >= 15 is 0 Å². The van der Waals surface area contributed by atoms with Gasteiger partial charge in [-0.05, 0) is 53.2 Å². The third-order valence-electron chi connectivity index (χ3n) is 12.8. The van der Waals surface area contributed by atoms with Crippen LogP contribution in [0.4, 0.5) is 0 Å². The number of benzene rings is 5. The summed E-state index contributed by atoms with van der Waals surface area (Å²) >= 11 is 0. The maximum atomic E-state index is 14.6. The molecule has 21 nitrogen and oxygen atoms in total. The van der Waals surface area contributed by atoms with Gasteiger partial charge in [-0.1, -0.05) is 0 Å². The fraction of sp³-hybridized carbons (Fsp3) is 0.180. The molecule has 0 aliphatic carbocycles. The molecule has 10 rings (SSSR count). The average molecular weight is 975 g/mol. The number of phenols is 10. The van der Waals surface area contributed by atoms with Crippen LogP contribution in [0.2, 0.25) is 0 Å². The van der Waals surface area contributed by atoms with Gasteiger partial charge in [0.2, 0.25) is 10.9 Å². The van der Waals surface area contributed by atoms with E-state index in [0.29, 0.717) is 6.07 Å². The number of fused-ring (bicyclic) bond motifs is 5. The molecule has 364 valence electrons. The number of aliphatic hydroxyl groups is 2. The Morgan fingerprint density at radius 2 is 0.958 bits per heavy atom. The van der Waals surface area contributed by atoms with Crippen molar-refractivity contribution in [3.05, 3.63) is 132 Å². The zero-order chi connectivity index (χ0) is 50.6. The lowest BCUT2D eigenvalue weighted by molar-refractivity contribution is -0.0190. The molecule has 0 saturated heterocycles. The van der Waals surface area contributed by atoms with Crippen LogP contribution in [-0.2, 0) is 24.0 Å². The summed E-state index contributed by atoms with van der Waals surface area (Å²) in [5.41, 5.74) is -3.55.